The van der Waals surface area contributed by atoms with Gasteiger partial charge in [-0.25, -0.2) is 0 Å². The van der Waals surface area contributed by atoms with E-state index in [9.17, 15) is 4.79 Å². The van der Waals surface area contributed by atoms with Crippen molar-refractivity contribution < 1.29 is 4.79 Å². The van der Waals surface area contributed by atoms with E-state index in [0.717, 1.165) is 16.3 Å². The van der Waals surface area contributed by atoms with Crippen LogP contribution in [0.25, 0.3) is 10.8 Å². The molecule has 1 amide bonds. The summed E-state index contributed by atoms with van der Waals surface area (Å²) in [5.41, 5.74) is 6.45. The lowest BCUT2D eigenvalue weighted by Crippen LogP contribution is -2.27. The van der Waals surface area contributed by atoms with Crippen molar-refractivity contribution in [3.63, 3.8) is 0 Å². The highest BCUT2D eigenvalue weighted by Crippen LogP contribution is 2.24. The summed E-state index contributed by atoms with van der Waals surface area (Å²) in [5, 5.41) is 11.3. The van der Waals surface area contributed by atoms with E-state index in [1.54, 1.807) is 0 Å². The lowest BCUT2D eigenvalue weighted by Gasteiger charge is -2.15. The quantitative estimate of drug-likeness (QED) is 0.684. The Morgan fingerprint density at radius 3 is 2.76 bits per heavy atom. The summed E-state index contributed by atoms with van der Waals surface area (Å²) in [6, 6.07) is 13.9. The SMILES string of the molecule is CC(NC(=O)c1nc(N)n[nH]1)c1cccc2ccccc12. The van der Waals surface area contributed by atoms with Crippen LogP contribution in [0.1, 0.15) is 29.1 Å². The maximum atomic E-state index is 12.1. The maximum absolute atomic E-state index is 12.1. The zero-order valence-corrected chi connectivity index (χ0v) is 11.5. The summed E-state index contributed by atoms with van der Waals surface area (Å²) in [5.74, 6) is -0.169. The first kappa shape index (κ1) is 13.1. The highest BCUT2D eigenvalue weighted by Gasteiger charge is 2.16. The third-order valence-corrected chi connectivity index (χ3v) is 3.36. The van der Waals surface area contributed by atoms with Gasteiger partial charge in [-0.3, -0.25) is 9.89 Å². The molecule has 1 unspecified atom stereocenters. The van der Waals surface area contributed by atoms with Gasteiger partial charge in [-0.05, 0) is 23.3 Å². The molecule has 0 spiro atoms. The number of aromatic nitrogens is 3. The maximum Gasteiger partial charge on any atom is 0.289 e. The Morgan fingerprint density at radius 1 is 1.24 bits per heavy atom. The zero-order valence-electron chi connectivity index (χ0n) is 11.5. The fourth-order valence-corrected chi connectivity index (χ4v) is 2.35. The van der Waals surface area contributed by atoms with E-state index in [0.29, 0.717) is 0 Å². The van der Waals surface area contributed by atoms with E-state index in [4.69, 9.17) is 5.73 Å². The molecule has 21 heavy (non-hydrogen) atoms. The van der Waals surface area contributed by atoms with E-state index in [1.807, 2.05) is 49.4 Å². The fraction of sp³-hybridized carbons (Fsp3) is 0.133. The van der Waals surface area contributed by atoms with Crippen LogP contribution in [0.2, 0.25) is 0 Å². The average molecular weight is 281 g/mol. The number of nitrogens with zero attached hydrogens (tertiary/aromatic N) is 2. The summed E-state index contributed by atoms with van der Waals surface area (Å²) in [6.45, 7) is 1.93. The molecule has 3 rings (SSSR count). The van der Waals surface area contributed by atoms with Crippen molar-refractivity contribution in [2.45, 2.75) is 13.0 Å². The fourth-order valence-electron chi connectivity index (χ4n) is 2.35. The first-order valence-corrected chi connectivity index (χ1v) is 6.61. The average Bonchev–Trinajstić information content (AvgIpc) is 2.93. The van der Waals surface area contributed by atoms with Crippen LogP contribution < -0.4 is 11.1 Å². The number of nitrogens with two attached hydrogens (primary N) is 1. The molecule has 0 aliphatic heterocycles. The third kappa shape index (κ3) is 2.55. The summed E-state index contributed by atoms with van der Waals surface area (Å²) in [6.07, 6.45) is 0. The number of rotatable bonds is 3. The van der Waals surface area contributed by atoms with Crippen LogP contribution in [0.15, 0.2) is 42.5 Å². The van der Waals surface area contributed by atoms with Gasteiger partial charge in [0.2, 0.25) is 11.8 Å². The predicted octanol–water partition coefficient (Wildman–Crippen LogP) is 2.03. The number of amides is 1. The summed E-state index contributed by atoms with van der Waals surface area (Å²) < 4.78 is 0. The Bertz CT molecular complexity index is 790. The minimum Gasteiger partial charge on any atom is -0.366 e. The van der Waals surface area contributed by atoms with Gasteiger partial charge in [0.1, 0.15) is 0 Å². The molecule has 1 heterocycles. The van der Waals surface area contributed by atoms with Crippen LogP contribution in [-0.4, -0.2) is 21.1 Å². The molecule has 6 nitrogen and oxygen atoms in total. The van der Waals surface area contributed by atoms with Crippen molar-refractivity contribution in [2.75, 3.05) is 5.73 Å². The number of nitrogen functional groups attached to an aromatic ring is 1. The number of benzene rings is 2. The van der Waals surface area contributed by atoms with E-state index in [1.165, 1.54) is 0 Å². The Labute approximate surface area is 121 Å². The zero-order chi connectivity index (χ0) is 14.8. The van der Waals surface area contributed by atoms with E-state index >= 15 is 0 Å². The number of hydrogen-bond acceptors (Lipinski definition) is 4. The number of anilines is 1. The van der Waals surface area contributed by atoms with Crippen molar-refractivity contribution in [3.8, 4) is 0 Å². The van der Waals surface area contributed by atoms with Gasteiger partial charge in [0, 0.05) is 0 Å². The summed E-state index contributed by atoms with van der Waals surface area (Å²) >= 11 is 0. The van der Waals surface area contributed by atoms with E-state index in [2.05, 4.69) is 20.5 Å². The van der Waals surface area contributed by atoms with Gasteiger partial charge in [-0.15, -0.1) is 5.10 Å². The second kappa shape index (κ2) is 5.24. The monoisotopic (exact) mass is 281 g/mol. The minimum atomic E-state index is -0.334. The molecule has 0 fully saturated rings. The molecular formula is C15H15N5O. The molecule has 2 aromatic carbocycles. The van der Waals surface area contributed by atoms with Crippen molar-refractivity contribution in [1.82, 2.24) is 20.5 Å². The molecule has 0 saturated heterocycles. The molecule has 0 saturated carbocycles. The second-order valence-corrected chi connectivity index (χ2v) is 4.81. The summed E-state index contributed by atoms with van der Waals surface area (Å²) in [7, 11) is 0. The largest absolute Gasteiger partial charge is 0.366 e. The molecule has 1 aromatic heterocycles. The van der Waals surface area contributed by atoms with Crippen LogP contribution in [0.3, 0.4) is 0 Å². The summed E-state index contributed by atoms with van der Waals surface area (Å²) in [4.78, 5) is 15.9. The molecule has 1 atom stereocenters. The Morgan fingerprint density at radius 2 is 2.00 bits per heavy atom. The number of nitrogens with one attached hydrogen (secondary N) is 2. The van der Waals surface area contributed by atoms with Crippen molar-refractivity contribution in [1.29, 1.82) is 0 Å². The molecule has 0 bridgehead atoms. The molecule has 106 valence electrons. The van der Waals surface area contributed by atoms with Crippen LogP contribution in [0, 0.1) is 0 Å². The number of hydrogen-bond donors (Lipinski definition) is 3. The Balaban J connectivity index is 1.87. The van der Waals surface area contributed by atoms with Gasteiger partial charge in [-0.2, -0.15) is 4.98 Å². The topological polar surface area (TPSA) is 96.7 Å². The van der Waals surface area contributed by atoms with Crippen molar-refractivity contribution in [2.24, 2.45) is 0 Å². The van der Waals surface area contributed by atoms with Crippen LogP contribution in [0.4, 0.5) is 5.95 Å². The third-order valence-electron chi connectivity index (χ3n) is 3.36. The Kier molecular flexibility index (Phi) is 3.27. The van der Waals surface area contributed by atoms with Gasteiger partial charge in [0.05, 0.1) is 6.04 Å². The lowest BCUT2D eigenvalue weighted by molar-refractivity contribution is 0.0930. The first-order chi connectivity index (χ1) is 10.1. The van der Waals surface area contributed by atoms with Gasteiger partial charge in [-0.1, -0.05) is 42.5 Å². The molecule has 0 aliphatic carbocycles. The predicted molar refractivity (Wildman–Crippen MR) is 80.6 cm³/mol. The number of fused-ring (bicyclic) bond motifs is 1. The highest BCUT2D eigenvalue weighted by molar-refractivity contribution is 5.92. The smallest absolute Gasteiger partial charge is 0.289 e. The van der Waals surface area contributed by atoms with Gasteiger partial charge < -0.3 is 11.1 Å². The van der Waals surface area contributed by atoms with E-state index < -0.39 is 0 Å². The highest BCUT2D eigenvalue weighted by atomic mass is 16.2. The van der Waals surface area contributed by atoms with Crippen LogP contribution in [-0.2, 0) is 0 Å². The normalized spacial score (nSPS) is 12.2. The van der Waals surface area contributed by atoms with Crippen LogP contribution in [0.5, 0.6) is 0 Å². The standard InChI is InChI=1S/C15H15N5O/c1-9(17-14(21)13-18-15(16)20-19-13)11-8-4-6-10-5-2-3-7-12(10)11/h2-9H,1H3,(H,17,21)(H3,16,18,19,20). The van der Waals surface area contributed by atoms with Gasteiger partial charge >= 0.3 is 0 Å². The molecule has 4 N–H and O–H groups in total. The molecular weight excluding hydrogens is 266 g/mol. The van der Waals surface area contributed by atoms with E-state index in [-0.39, 0.29) is 23.7 Å². The number of carbonyl (C=O) groups is 1. The lowest BCUT2D eigenvalue weighted by atomic mass is 10.00. The molecule has 0 radical (unpaired) electrons. The molecule has 6 heteroatoms. The number of H-pyrrole nitrogens is 1. The number of carbonyl (C=O) groups excluding carboxylic acids is 1. The Hall–Kier alpha value is -2.89. The minimum absolute atomic E-state index is 0.0537. The molecule has 0 aliphatic rings. The van der Waals surface area contributed by atoms with Crippen molar-refractivity contribution in [3.05, 3.63) is 53.9 Å². The van der Waals surface area contributed by atoms with Gasteiger partial charge in [0.15, 0.2) is 0 Å². The number of aromatic amines is 1. The second-order valence-electron chi connectivity index (χ2n) is 4.81. The molecule has 3 aromatic rings. The van der Waals surface area contributed by atoms with Gasteiger partial charge in [0.25, 0.3) is 5.91 Å². The van der Waals surface area contributed by atoms with Crippen molar-refractivity contribution >= 4 is 22.6 Å². The first-order valence-electron chi connectivity index (χ1n) is 6.61. The van der Waals surface area contributed by atoms with Crippen LogP contribution >= 0.6 is 0 Å².